The Kier molecular flexibility index (Phi) is 5.20. The molecule has 3 aliphatic rings. The number of amides is 2. The van der Waals surface area contributed by atoms with Gasteiger partial charge in [-0.1, -0.05) is 12.1 Å². The van der Waals surface area contributed by atoms with Gasteiger partial charge < -0.3 is 24.6 Å². The number of nitrogens with zero attached hydrogens (tertiary/aromatic N) is 2. The molecule has 0 aliphatic carbocycles. The van der Waals surface area contributed by atoms with Crippen molar-refractivity contribution < 1.29 is 19.1 Å². The van der Waals surface area contributed by atoms with Crippen molar-refractivity contribution in [2.75, 3.05) is 33.4 Å². The summed E-state index contributed by atoms with van der Waals surface area (Å²) >= 11 is 0. The van der Waals surface area contributed by atoms with Gasteiger partial charge in [0.25, 0.3) is 0 Å². The lowest BCUT2D eigenvalue weighted by molar-refractivity contribution is -0.141. The summed E-state index contributed by atoms with van der Waals surface area (Å²) in [6.07, 6.45) is 3.39. The summed E-state index contributed by atoms with van der Waals surface area (Å²) in [6.45, 7) is 2.42. The highest BCUT2D eigenvalue weighted by Gasteiger charge is 2.34. The molecule has 2 fully saturated rings. The number of likely N-dealkylation sites (tertiary alicyclic amines) is 1. The first-order chi connectivity index (χ1) is 13.1. The Labute approximate surface area is 159 Å². The van der Waals surface area contributed by atoms with Crippen molar-refractivity contribution in [1.82, 2.24) is 15.1 Å². The van der Waals surface area contributed by atoms with E-state index >= 15 is 0 Å². The highest BCUT2D eigenvalue weighted by Crippen LogP contribution is 2.33. The third kappa shape index (κ3) is 3.88. The van der Waals surface area contributed by atoms with E-state index in [2.05, 4.69) is 5.32 Å². The normalized spacial score (nSPS) is 25.1. The van der Waals surface area contributed by atoms with E-state index < -0.39 is 0 Å². The van der Waals surface area contributed by atoms with Crippen LogP contribution >= 0.6 is 0 Å². The van der Waals surface area contributed by atoms with Crippen molar-refractivity contribution in [2.24, 2.45) is 0 Å². The lowest BCUT2D eigenvalue weighted by Crippen LogP contribution is -2.46. The minimum absolute atomic E-state index is 0.00297. The van der Waals surface area contributed by atoms with E-state index in [9.17, 15) is 9.59 Å². The Balaban J connectivity index is 1.47. The summed E-state index contributed by atoms with van der Waals surface area (Å²) in [5.41, 5.74) is 0.935. The Morgan fingerprint density at radius 1 is 1.33 bits per heavy atom. The fourth-order valence-corrected chi connectivity index (χ4v) is 4.27. The third-order valence-electron chi connectivity index (χ3n) is 5.69. The maximum atomic E-state index is 13.0. The van der Waals surface area contributed by atoms with Crippen molar-refractivity contribution in [2.45, 2.75) is 44.3 Å². The predicted octanol–water partition coefficient (Wildman–Crippen LogP) is 1.16. The molecule has 0 spiro atoms. The molecule has 0 aromatic heterocycles. The zero-order valence-electron chi connectivity index (χ0n) is 15.8. The molecule has 1 aromatic rings. The average Bonchev–Trinajstić information content (AvgIpc) is 3.01. The maximum absolute atomic E-state index is 13.0. The molecular weight excluding hydrogens is 346 g/mol. The lowest BCUT2D eigenvalue weighted by atomic mass is 10.1. The predicted molar refractivity (Wildman–Crippen MR) is 99.7 cm³/mol. The molecule has 0 saturated carbocycles. The summed E-state index contributed by atoms with van der Waals surface area (Å²) in [7, 11) is 1.62. The number of rotatable bonds is 3. The number of para-hydroxylation sites is 1. The van der Waals surface area contributed by atoms with Crippen molar-refractivity contribution in [1.29, 1.82) is 0 Å². The number of hydrogen-bond donors (Lipinski definition) is 1. The Hall–Kier alpha value is -2.28. The molecule has 4 rings (SSSR count). The molecule has 3 heterocycles. The van der Waals surface area contributed by atoms with Gasteiger partial charge in [0.1, 0.15) is 0 Å². The van der Waals surface area contributed by atoms with Crippen molar-refractivity contribution in [3.05, 3.63) is 23.8 Å². The zero-order chi connectivity index (χ0) is 18.8. The number of carbonyl (C=O) groups is 2. The number of benzene rings is 1. The summed E-state index contributed by atoms with van der Waals surface area (Å²) in [4.78, 5) is 29.1. The molecule has 3 aliphatic heterocycles. The van der Waals surface area contributed by atoms with E-state index in [1.807, 2.05) is 23.1 Å². The van der Waals surface area contributed by atoms with Crippen molar-refractivity contribution in [3.8, 4) is 11.5 Å². The fourth-order valence-electron chi connectivity index (χ4n) is 4.27. The average molecular weight is 373 g/mol. The second-order valence-electron chi connectivity index (χ2n) is 7.58. The molecule has 7 heteroatoms. The molecule has 1 N–H and O–H groups in total. The monoisotopic (exact) mass is 373 g/mol. The van der Waals surface area contributed by atoms with Gasteiger partial charge in [-0.15, -0.1) is 0 Å². The summed E-state index contributed by atoms with van der Waals surface area (Å²) < 4.78 is 11.3. The molecule has 146 valence electrons. The third-order valence-corrected chi connectivity index (χ3v) is 5.69. The van der Waals surface area contributed by atoms with E-state index in [0.717, 1.165) is 24.8 Å². The van der Waals surface area contributed by atoms with Crippen LogP contribution in [-0.4, -0.2) is 67.0 Å². The molecule has 2 unspecified atom stereocenters. The second-order valence-corrected chi connectivity index (χ2v) is 7.58. The molecule has 2 atom stereocenters. The molecular formula is C20H27N3O4. The van der Waals surface area contributed by atoms with Crippen LogP contribution in [0.15, 0.2) is 18.2 Å². The molecule has 1 aromatic carbocycles. The number of carbonyl (C=O) groups excluding carboxylic acids is 2. The first-order valence-corrected chi connectivity index (χ1v) is 9.74. The second kappa shape index (κ2) is 7.76. The molecule has 2 bridgehead atoms. The van der Waals surface area contributed by atoms with Gasteiger partial charge in [0, 0.05) is 43.7 Å². The van der Waals surface area contributed by atoms with Gasteiger partial charge in [-0.25, -0.2) is 0 Å². The largest absolute Gasteiger partial charge is 0.493 e. The minimum Gasteiger partial charge on any atom is -0.493 e. The molecule has 2 amide bonds. The number of ether oxygens (including phenoxy) is 2. The molecule has 2 saturated heterocycles. The standard InChI is InChI=1S/C20H27N3O4/c1-26-17-5-2-4-14-11-22(8-3-9-27-20(14)17)19(25)13-23-12-16-7-6-15(21-16)10-18(23)24/h2,4-5,15-16,21H,3,6-13H2,1H3. The SMILES string of the molecule is COc1cccc2c1OCCCN(C(=O)CN1CC3CCC(CC1=O)N3)C2. The number of nitrogens with one attached hydrogen (secondary N) is 1. The van der Waals surface area contributed by atoms with Crippen LogP contribution in [0.4, 0.5) is 0 Å². The quantitative estimate of drug-likeness (QED) is 0.861. The highest BCUT2D eigenvalue weighted by atomic mass is 16.5. The van der Waals surface area contributed by atoms with Gasteiger partial charge in [-0.3, -0.25) is 9.59 Å². The van der Waals surface area contributed by atoms with E-state index in [1.54, 1.807) is 12.0 Å². The van der Waals surface area contributed by atoms with E-state index in [1.165, 1.54) is 0 Å². The number of fused-ring (bicyclic) bond motifs is 3. The van der Waals surface area contributed by atoms with Gasteiger partial charge in [-0.05, 0) is 25.3 Å². The Morgan fingerprint density at radius 2 is 2.19 bits per heavy atom. The highest BCUT2D eigenvalue weighted by molar-refractivity contribution is 5.85. The number of hydrogen-bond acceptors (Lipinski definition) is 5. The van der Waals surface area contributed by atoms with Crippen LogP contribution < -0.4 is 14.8 Å². The van der Waals surface area contributed by atoms with Gasteiger partial charge in [-0.2, -0.15) is 0 Å². The van der Waals surface area contributed by atoms with Crippen LogP contribution in [0, 0.1) is 0 Å². The topological polar surface area (TPSA) is 71.1 Å². The maximum Gasteiger partial charge on any atom is 0.242 e. The van der Waals surface area contributed by atoms with E-state index in [0.29, 0.717) is 50.2 Å². The summed E-state index contributed by atoms with van der Waals surface area (Å²) in [6, 6.07) is 6.33. The van der Waals surface area contributed by atoms with Gasteiger partial charge in [0.2, 0.25) is 11.8 Å². The van der Waals surface area contributed by atoms with Crippen LogP contribution in [-0.2, 0) is 16.1 Å². The fraction of sp³-hybridized carbons (Fsp3) is 0.600. The smallest absolute Gasteiger partial charge is 0.242 e. The Morgan fingerprint density at radius 3 is 3.04 bits per heavy atom. The van der Waals surface area contributed by atoms with Gasteiger partial charge >= 0.3 is 0 Å². The first kappa shape index (κ1) is 18.1. The first-order valence-electron chi connectivity index (χ1n) is 9.74. The summed E-state index contributed by atoms with van der Waals surface area (Å²) in [5, 5.41) is 3.49. The van der Waals surface area contributed by atoms with Crippen molar-refractivity contribution >= 4 is 11.8 Å². The van der Waals surface area contributed by atoms with E-state index in [-0.39, 0.29) is 24.4 Å². The van der Waals surface area contributed by atoms with E-state index in [4.69, 9.17) is 9.47 Å². The van der Waals surface area contributed by atoms with Crippen LogP contribution in [0.2, 0.25) is 0 Å². The number of methoxy groups -OCH3 is 1. The van der Waals surface area contributed by atoms with Gasteiger partial charge in [0.05, 0.1) is 20.3 Å². The minimum atomic E-state index is -0.00297. The zero-order valence-corrected chi connectivity index (χ0v) is 15.8. The van der Waals surface area contributed by atoms with Crippen molar-refractivity contribution in [3.63, 3.8) is 0 Å². The van der Waals surface area contributed by atoms with Crippen LogP contribution in [0.25, 0.3) is 0 Å². The van der Waals surface area contributed by atoms with Crippen LogP contribution in [0.1, 0.15) is 31.2 Å². The lowest BCUT2D eigenvalue weighted by Gasteiger charge is -2.30. The molecule has 0 radical (unpaired) electrons. The summed E-state index contributed by atoms with van der Waals surface area (Å²) in [5.74, 6) is 1.48. The molecule has 27 heavy (non-hydrogen) atoms. The van der Waals surface area contributed by atoms with Crippen LogP contribution in [0.5, 0.6) is 11.5 Å². The van der Waals surface area contributed by atoms with Crippen LogP contribution in [0.3, 0.4) is 0 Å². The van der Waals surface area contributed by atoms with Gasteiger partial charge in [0.15, 0.2) is 11.5 Å². The molecule has 7 nitrogen and oxygen atoms in total. The Bertz CT molecular complexity index is 723.